The second kappa shape index (κ2) is 5.50. The molecular formula is C8H12F3N3O2S. The van der Waals surface area contributed by atoms with E-state index in [1.54, 1.807) is 0 Å². The van der Waals surface area contributed by atoms with Gasteiger partial charge in [0, 0.05) is 19.2 Å². The minimum Gasteiger partial charge on any atom is -0.284 e. The molecule has 9 heteroatoms. The third-order valence-corrected chi connectivity index (χ3v) is 3.39. The Morgan fingerprint density at radius 3 is 2.59 bits per heavy atom. The molecule has 1 aromatic rings. The van der Waals surface area contributed by atoms with Gasteiger partial charge in [-0.3, -0.25) is 5.10 Å². The molecule has 0 aliphatic heterocycles. The number of unbranched alkanes of at least 4 members (excludes halogenated alkanes) is 1. The van der Waals surface area contributed by atoms with Crippen molar-refractivity contribution in [1.82, 2.24) is 14.9 Å². The van der Waals surface area contributed by atoms with Gasteiger partial charge in [0.25, 0.3) is 0 Å². The van der Waals surface area contributed by atoms with Crippen LogP contribution in [-0.2, 0) is 10.0 Å². The second-order valence-corrected chi connectivity index (χ2v) is 5.17. The normalized spacial score (nSPS) is 12.9. The van der Waals surface area contributed by atoms with E-state index in [1.807, 2.05) is 0 Å². The van der Waals surface area contributed by atoms with Crippen LogP contribution in [0.25, 0.3) is 0 Å². The van der Waals surface area contributed by atoms with Crippen LogP contribution in [0.1, 0.15) is 19.3 Å². The van der Waals surface area contributed by atoms with Crippen LogP contribution in [0.5, 0.6) is 0 Å². The summed E-state index contributed by atoms with van der Waals surface area (Å²) >= 11 is 0. The van der Waals surface area contributed by atoms with E-state index < -0.39 is 22.6 Å². The molecule has 5 nitrogen and oxygen atoms in total. The highest BCUT2D eigenvalue weighted by Gasteiger charge is 2.25. The molecule has 1 heterocycles. The quantitative estimate of drug-likeness (QED) is 0.768. The number of hydrogen-bond acceptors (Lipinski definition) is 3. The molecule has 0 aliphatic carbocycles. The highest BCUT2D eigenvalue weighted by molar-refractivity contribution is 7.89. The summed E-state index contributed by atoms with van der Waals surface area (Å²) in [5, 5.41) is 5.81. The zero-order chi connectivity index (χ0) is 12.9. The van der Waals surface area contributed by atoms with Crippen LogP contribution in [0.2, 0.25) is 0 Å². The number of nitrogens with one attached hydrogen (secondary N) is 2. The van der Waals surface area contributed by atoms with Crippen molar-refractivity contribution < 1.29 is 21.6 Å². The molecule has 0 unspecified atom stereocenters. The lowest BCUT2D eigenvalue weighted by atomic mass is 10.2. The molecule has 1 aromatic heterocycles. The standard InChI is InChI=1S/C8H12F3N3O2S/c9-8(10,11)3-1-2-4-14-17(15,16)7-5-12-13-6-7/h5-6,14H,1-4H2,(H,12,13). The lowest BCUT2D eigenvalue weighted by Crippen LogP contribution is -2.24. The first-order chi connectivity index (χ1) is 7.81. The third kappa shape index (κ3) is 5.18. The zero-order valence-electron chi connectivity index (χ0n) is 8.79. The van der Waals surface area contributed by atoms with Gasteiger partial charge in [0.1, 0.15) is 4.90 Å². The van der Waals surface area contributed by atoms with Crippen LogP contribution in [0, 0.1) is 0 Å². The first kappa shape index (κ1) is 14.0. The summed E-state index contributed by atoms with van der Waals surface area (Å²) in [7, 11) is -3.66. The summed E-state index contributed by atoms with van der Waals surface area (Å²) in [5.74, 6) is 0. The average molecular weight is 271 g/mol. The van der Waals surface area contributed by atoms with E-state index in [9.17, 15) is 21.6 Å². The summed E-state index contributed by atoms with van der Waals surface area (Å²) in [6.45, 7) is -0.0242. The number of alkyl halides is 3. The fraction of sp³-hybridized carbons (Fsp3) is 0.625. The largest absolute Gasteiger partial charge is 0.389 e. The van der Waals surface area contributed by atoms with Gasteiger partial charge < -0.3 is 0 Å². The van der Waals surface area contributed by atoms with Gasteiger partial charge in [-0.25, -0.2) is 13.1 Å². The van der Waals surface area contributed by atoms with Gasteiger partial charge in [-0.15, -0.1) is 0 Å². The number of aromatic amines is 1. The number of H-pyrrole nitrogens is 1. The summed E-state index contributed by atoms with van der Waals surface area (Å²) in [5.41, 5.74) is 0. The van der Waals surface area contributed by atoms with Gasteiger partial charge in [-0.2, -0.15) is 18.3 Å². The SMILES string of the molecule is O=S(=O)(NCCCCC(F)(F)F)c1cn[nH]c1. The molecular weight excluding hydrogens is 259 g/mol. The van der Waals surface area contributed by atoms with E-state index in [0.29, 0.717) is 0 Å². The zero-order valence-corrected chi connectivity index (χ0v) is 9.61. The lowest BCUT2D eigenvalue weighted by Gasteiger charge is -2.06. The van der Waals surface area contributed by atoms with E-state index in [4.69, 9.17) is 0 Å². The molecule has 17 heavy (non-hydrogen) atoms. The van der Waals surface area contributed by atoms with Crippen molar-refractivity contribution in [3.05, 3.63) is 12.4 Å². The molecule has 0 saturated heterocycles. The molecule has 0 atom stereocenters. The van der Waals surface area contributed by atoms with Gasteiger partial charge in [-0.05, 0) is 12.8 Å². The molecule has 0 spiro atoms. The number of aromatic nitrogens is 2. The van der Waals surface area contributed by atoms with E-state index in [2.05, 4.69) is 14.9 Å². The smallest absolute Gasteiger partial charge is 0.284 e. The highest BCUT2D eigenvalue weighted by atomic mass is 32.2. The van der Waals surface area contributed by atoms with Gasteiger partial charge in [0.05, 0.1) is 6.20 Å². The second-order valence-electron chi connectivity index (χ2n) is 3.40. The molecule has 0 saturated carbocycles. The van der Waals surface area contributed by atoms with Crippen molar-refractivity contribution in [3.8, 4) is 0 Å². The van der Waals surface area contributed by atoms with Crippen LogP contribution >= 0.6 is 0 Å². The summed E-state index contributed by atoms with van der Waals surface area (Å²) in [6, 6.07) is 0. The van der Waals surface area contributed by atoms with E-state index in [0.717, 1.165) is 6.20 Å². The van der Waals surface area contributed by atoms with Gasteiger partial charge in [-0.1, -0.05) is 0 Å². The fourth-order valence-electron chi connectivity index (χ4n) is 1.13. The Labute approximate surface area is 96.5 Å². The molecule has 2 N–H and O–H groups in total. The van der Waals surface area contributed by atoms with Crippen LogP contribution in [0.4, 0.5) is 13.2 Å². The maximum absolute atomic E-state index is 11.8. The highest BCUT2D eigenvalue weighted by Crippen LogP contribution is 2.21. The maximum Gasteiger partial charge on any atom is 0.389 e. The number of sulfonamides is 1. The van der Waals surface area contributed by atoms with E-state index in [1.165, 1.54) is 6.20 Å². The monoisotopic (exact) mass is 271 g/mol. The summed E-state index contributed by atoms with van der Waals surface area (Å²) < 4.78 is 60.5. The number of rotatable bonds is 6. The van der Waals surface area contributed by atoms with E-state index in [-0.39, 0.29) is 24.3 Å². The Kier molecular flexibility index (Phi) is 4.52. The van der Waals surface area contributed by atoms with Crippen molar-refractivity contribution in [2.24, 2.45) is 0 Å². The van der Waals surface area contributed by atoms with Gasteiger partial charge in [0.15, 0.2) is 0 Å². The van der Waals surface area contributed by atoms with Crippen molar-refractivity contribution in [2.75, 3.05) is 6.54 Å². The first-order valence-electron chi connectivity index (χ1n) is 4.86. The Bertz CT molecular complexity index is 427. The molecule has 98 valence electrons. The molecule has 0 amide bonds. The molecule has 0 bridgehead atoms. The number of nitrogens with zero attached hydrogens (tertiary/aromatic N) is 1. The molecule has 0 fully saturated rings. The van der Waals surface area contributed by atoms with Gasteiger partial charge in [0.2, 0.25) is 10.0 Å². The van der Waals surface area contributed by atoms with Crippen LogP contribution in [0.3, 0.4) is 0 Å². The lowest BCUT2D eigenvalue weighted by molar-refractivity contribution is -0.135. The Morgan fingerprint density at radius 1 is 1.35 bits per heavy atom. The number of hydrogen-bond donors (Lipinski definition) is 2. The van der Waals surface area contributed by atoms with Gasteiger partial charge >= 0.3 is 6.18 Å². The van der Waals surface area contributed by atoms with Crippen LogP contribution in [0.15, 0.2) is 17.3 Å². The Morgan fingerprint density at radius 2 is 2.06 bits per heavy atom. The predicted octanol–water partition coefficient (Wildman–Crippen LogP) is 1.42. The minimum atomic E-state index is -4.19. The Hall–Kier alpha value is -1.09. The molecule has 0 radical (unpaired) electrons. The van der Waals surface area contributed by atoms with Crippen LogP contribution < -0.4 is 4.72 Å². The van der Waals surface area contributed by atoms with Crippen LogP contribution in [-0.4, -0.2) is 31.3 Å². The molecule has 0 aliphatic rings. The predicted molar refractivity (Wildman–Crippen MR) is 53.7 cm³/mol. The third-order valence-electron chi connectivity index (χ3n) is 1.96. The maximum atomic E-state index is 11.8. The summed E-state index contributed by atoms with van der Waals surface area (Å²) in [6.07, 6.45) is -2.74. The minimum absolute atomic E-state index is 0.0242. The molecule has 1 rings (SSSR count). The van der Waals surface area contributed by atoms with Crippen molar-refractivity contribution in [1.29, 1.82) is 0 Å². The average Bonchev–Trinajstić information content (AvgIpc) is 2.68. The van der Waals surface area contributed by atoms with E-state index >= 15 is 0 Å². The number of halogens is 3. The molecule has 0 aromatic carbocycles. The fourth-order valence-corrected chi connectivity index (χ4v) is 2.11. The van der Waals surface area contributed by atoms with Crippen molar-refractivity contribution >= 4 is 10.0 Å². The van der Waals surface area contributed by atoms with Crippen molar-refractivity contribution in [3.63, 3.8) is 0 Å². The summed E-state index contributed by atoms with van der Waals surface area (Å²) in [4.78, 5) is -0.0340. The topological polar surface area (TPSA) is 74.8 Å². The van der Waals surface area contributed by atoms with Crippen molar-refractivity contribution in [2.45, 2.75) is 30.3 Å². The first-order valence-corrected chi connectivity index (χ1v) is 6.35. The Balaban J connectivity index is 2.28.